The lowest BCUT2D eigenvalue weighted by Crippen LogP contribution is -2.43. The van der Waals surface area contributed by atoms with Crippen LogP contribution in [0.1, 0.15) is 39.5 Å². The van der Waals surface area contributed by atoms with Crippen molar-refractivity contribution in [2.75, 3.05) is 13.2 Å². The summed E-state index contributed by atoms with van der Waals surface area (Å²) in [5.41, 5.74) is -2.21. The Bertz CT molecular complexity index is 222. The van der Waals surface area contributed by atoms with E-state index in [1.165, 1.54) is 0 Å². The smallest absolute Gasteiger partial charge is 0.343 e. The van der Waals surface area contributed by atoms with E-state index in [2.05, 4.69) is 0 Å². The first kappa shape index (κ1) is 18.4. The molecule has 0 saturated carbocycles. The van der Waals surface area contributed by atoms with E-state index in [0.29, 0.717) is 6.42 Å². The van der Waals surface area contributed by atoms with Crippen LogP contribution in [0.15, 0.2) is 0 Å². The summed E-state index contributed by atoms with van der Waals surface area (Å²) in [7, 11) is 0. The van der Waals surface area contributed by atoms with Gasteiger partial charge in [0.15, 0.2) is 5.78 Å². The molecule has 0 saturated heterocycles. The average Bonchev–Trinajstić information content (AvgIpc) is 2.29. The maximum atomic E-state index is 11.2. The first-order valence-electron chi connectivity index (χ1n) is 5.55. The lowest BCUT2D eigenvalue weighted by molar-refractivity contribution is -0.163. The van der Waals surface area contributed by atoms with Crippen LogP contribution < -0.4 is 0 Å². The molecule has 0 fully saturated rings. The highest BCUT2D eigenvalue weighted by atomic mass is 16.4. The lowest BCUT2D eigenvalue weighted by atomic mass is 9.96. The van der Waals surface area contributed by atoms with Crippen LogP contribution in [-0.4, -0.2) is 51.0 Å². The first-order valence-corrected chi connectivity index (χ1v) is 5.55. The number of carboxylic acid groups (broad SMARTS) is 1. The Labute approximate surface area is 101 Å². The van der Waals surface area contributed by atoms with Crippen LogP contribution in [0.25, 0.3) is 0 Å². The highest BCUT2D eigenvalue weighted by Gasteiger charge is 2.37. The number of aliphatic carboxylic acids is 1. The van der Waals surface area contributed by atoms with Crippen molar-refractivity contribution in [3.8, 4) is 0 Å². The predicted molar refractivity (Wildman–Crippen MR) is 61.6 cm³/mol. The molecule has 6 nitrogen and oxygen atoms in total. The first-order chi connectivity index (χ1) is 7.84. The molecule has 1 atom stereocenters. The number of Topliss-reactive ketones (excluding diaryl/α,β-unsaturated/α-hetero) is 1. The van der Waals surface area contributed by atoms with Crippen LogP contribution in [0.4, 0.5) is 0 Å². The third-order valence-corrected chi connectivity index (χ3v) is 2.07. The maximum absolute atomic E-state index is 11.2. The van der Waals surface area contributed by atoms with Crippen LogP contribution in [0.5, 0.6) is 0 Å². The minimum Gasteiger partial charge on any atom is -0.479 e. The van der Waals surface area contributed by atoms with E-state index in [9.17, 15) is 14.7 Å². The van der Waals surface area contributed by atoms with Crippen LogP contribution in [-0.2, 0) is 9.59 Å². The second-order valence-corrected chi connectivity index (χ2v) is 3.70. The highest BCUT2D eigenvalue weighted by Crippen LogP contribution is 2.11. The van der Waals surface area contributed by atoms with Crippen molar-refractivity contribution in [3.63, 3.8) is 0 Å². The van der Waals surface area contributed by atoms with Gasteiger partial charge in [-0.2, -0.15) is 0 Å². The Kier molecular flexibility index (Phi) is 11.0. The van der Waals surface area contributed by atoms with Gasteiger partial charge in [-0.05, 0) is 13.3 Å². The van der Waals surface area contributed by atoms with Crippen molar-refractivity contribution >= 4 is 11.8 Å². The summed E-state index contributed by atoms with van der Waals surface area (Å²) in [6.45, 7) is 2.75. The van der Waals surface area contributed by atoms with Gasteiger partial charge in [-0.3, -0.25) is 4.79 Å². The Hall–Kier alpha value is -0.980. The van der Waals surface area contributed by atoms with Crippen molar-refractivity contribution in [1.82, 2.24) is 0 Å². The van der Waals surface area contributed by atoms with E-state index in [1.54, 1.807) is 0 Å². The molecule has 0 aromatic heterocycles. The summed E-state index contributed by atoms with van der Waals surface area (Å²) in [6, 6.07) is 0. The molecule has 0 aromatic carbocycles. The van der Waals surface area contributed by atoms with Crippen molar-refractivity contribution < 1.29 is 30.0 Å². The molecule has 17 heavy (non-hydrogen) atoms. The zero-order valence-corrected chi connectivity index (χ0v) is 10.3. The Morgan fingerprint density at radius 3 is 1.88 bits per heavy atom. The SMILES string of the molecule is CCCCCC(=O)C(C)(O)C(=O)O.OCCO. The molecule has 0 aromatic rings. The number of hydrogen-bond donors (Lipinski definition) is 4. The molecule has 0 aliphatic rings. The summed E-state index contributed by atoms with van der Waals surface area (Å²) in [4.78, 5) is 21.6. The van der Waals surface area contributed by atoms with Crippen molar-refractivity contribution in [1.29, 1.82) is 0 Å². The van der Waals surface area contributed by atoms with E-state index in [-0.39, 0.29) is 19.6 Å². The summed E-state index contributed by atoms with van der Waals surface area (Å²) in [5, 5.41) is 33.0. The Morgan fingerprint density at radius 1 is 1.12 bits per heavy atom. The topological polar surface area (TPSA) is 115 Å². The number of carbonyl (C=O) groups excluding carboxylic acids is 1. The number of aliphatic hydroxyl groups excluding tert-OH is 2. The highest BCUT2D eigenvalue weighted by molar-refractivity contribution is 6.05. The van der Waals surface area contributed by atoms with Gasteiger partial charge >= 0.3 is 5.97 Å². The van der Waals surface area contributed by atoms with Gasteiger partial charge in [-0.1, -0.05) is 19.8 Å². The molecule has 0 aliphatic heterocycles. The van der Waals surface area contributed by atoms with Crippen LogP contribution in [0.3, 0.4) is 0 Å². The van der Waals surface area contributed by atoms with Gasteiger partial charge in [0.05, 0.1) is 13.2 Å². The number of aliphatic hydroxyl groups is 3. The number of rotatable bonds is 7. The summed E-state index contributed by atoms with van der Waals surface area (Å²) >= 11 is 0. The Balaban J connectivity index is 0. The van der Waals surface area contributed by atoms with Gasteiger partial charge in [-0.25, -0.2) is 4.79 Å². The number of unbranched alkanes of at least 4 members (excludes halogenated alkanes) is 2. The minimum atomic E-state index is -2.21. The fourth-order valence-electron chi connectivity index (χ4n) is 0.898. The second kappa shape index (κ2) is 10.2. The predicted octanol–water partition coefficient (Wildman–Crippen LogP) is -0.0576. The van der Waals surface area contributed by atoms with Crippen LogP contribution in [0, 0.1) is 0 Å². The van der Waals surface area contributed by atoms with E-state index < -0.39 is 17.4 Å². The molecular formula is C11H22O6. The fourth-order valence-corrected chi connectivity index (χ4v) is 0.898. The molecule has 0 bridgehead atoms. The zero-order valence-electron chi connectivity index (χ0n) is 10.3. The average molecular weight is 250 g/mol. The summed E-state index contributed by atoms with van der Waals surface area (Å²) in [6.07, 6.45) is 2.61. The number of carbonyl (C=O) groups is 2. The van der Waals surface area contributed by atoms with Crippen LogP contribution >= 0.6 is 0 Å². The molecule has 0 rings (SSSR count). The largest absolute Gasteiger partial charge is 0.479 e. The molecule has 1 unspecified atom stereocenters. The van der Waals surface area contributed by atoms with Gasteiger partial charge in [0.1, 0.15) is 0 Å². The molecule has 102 valence electrons. The van der Waals surface area contributed by atoms with E-state index in [1.807, 2.05) is 6.92 Å². The summed E-state index contributed by atoms with van der Waals surface area (Å²) < 4.78 is 0. The quantitative estimate of drug-likeness (QED) is 0.372. The third kappa shape index (κ3) is 8.79. The molecule has 0 heterocycles. The lowest BCUT2D eigenvalue weighted by Gasteiger charge is -2.15. The van der Waals surface area contributed by atoms with Gasteiger partial charge in [0.25, 0.3) is 0 Å². The third-order valence-electron chi connectivity index (χ3n) is 2.07. The van der Waals surface area contributed by atoms with Gasteiger partial charge in [0, 0.05) is 6.42 Å². The monoisotopic (exact) mass is 250 g/mol. The molecule has 4 N–H and O–H groups in total. The van der Waals surface area contributed by atoms with E-state index >= 15 is 0 Å². The minimum absolute atomic E-state index is 0.125. The molecule has 0 amide bonds. The summed E-state index contributed by atoms with van der Waals surface area (Å²) in [5.74, 6) is -2.09. The number of hydrogen-bond acceptors (Lipinski definition) is 5. The fraction of sp³-hybridized carbons (Fsp3) is 0.818. The molecular weight excluding hydrogens is 228 g/mol. The van der Waals surface area contributed by atoms with Crippen molar-refractivity contribution in [2.24, 2.45) is 0 Å². The molecule has 0 aliphatic carbocycles. The van der Waals surface area contributed by atoms with Crippen molar-refractivity contribution in [3.05, 3.63) is 0 Å². The second-order valence-electron chi connectivity index (χ2n) is 3.70. The van der Waals surface area contributed by atoms with Crippen LogP contribution in [0.2, 0.25) is 0 Å². The van der Waals surface area contributed by atoms with E-state index in [0.717, 1.165) is 19.8 Å². The number of carboxylic acids is 1. The molecule has 0 radical (unpaired) electrons. The molecule has 6 heteroatoms. The number of ketones is 1. The van der Waals surface area contributed by atoms with Crippen molar-refractivity contribution in [2.45, 2.75) is 45.1 Å². The Morgan fingerprint density at radius 2 is 1.59 bits per heavy atom. The normalized spacial score (nSPS) is 13.2. The standard InChI is InChI=1S/C9H16O4.C2H6O2/c1-3-4-5-6-7(10)9(2,13)8(11)12;3-1-2-4/h13H,3-6H2,1-2H3,(H,11,12);3-4H,1-2H2. The molecule has 0 spiro atoms. The zero-order chi connectivity index (χ0) is 13.9. The van der Waals surface area contributed by atoms with Gasteiger partial charge < -0.3 is 20.4 Å². The maximum Gasteiger partial charge on any atom is 0.343 e. The van der Waals surface area contributed by atoms with Gasteiger partial charge in [0.2, 0.25) is 5.60 Å². The van der Waals surface area contributed by atoms with E-state index in [4.69, 9.17) is 15.3 Å². The van der Waals surface area contributed by atoms with Gasteiger partial charge in [-0.15, -0.1) is 0 Å².